The van der Waals surface area contributed by atoms with Crippen LogP contribution in [0.25, 0.3) is 0 Å². The van der Waals surface area contributed by atoms with Gasteiger partial charge in [0, 0.05) is 61.1 Å². The number of hydrogen-bond acceptors (Lipinski definition) is 5. The minimum Gasteiger partial charge on any atom is -0.755 e. The van der Waals surface area contributed by atoms with E-state index in [0.29, 0.717) is 48.6 Å². The highest BCUT2D eigenvalue weighted by Crippen LogP contribution is 2.19. The highest BCUT2D eigenvalue weighted by molar-refractivity contribution is 7.80. The number of carbonyl (C=O) groups excluding carboxylic acids is 2. The van der Waals surface area contributed by atoms with Crippen molar-refractivity contribution in [1.82, 2.24) is 14.8 Å². The Labute approximate surface area is 159 Å². The van der Waals surface area contributed by atoms with Crippen LogP contribution < -0.4 is 4.72 Å². The molecule has 1 saturated heterocycles. The maximum absolute atomic E-state index is 12.7. The molecule has 3 rings (SSSR count). The van der Waals surface area contributed by atoms with Crippen molar-refractivity contribution in [3.05, 3.63) is 59.4 Å². The number of piperazine rings is 1. The molecule has 8 nitrogen and oxygen atoms in total. The van der Waals surface area contributed by atoms with Crippen molar-refractivity contribution in [1.29, 1.82) is 0 Å². The van der Waals surface area contributed by atoms with Crippen LogP contribution in [0.4, 0.5) is 5.69 Å². The number of hydrogen-bond donors (Lipinski definition) is 1. The molecule has 2 heterocycles. The first-order valence-electron chi connectivity index (χ1n) is 8.41. The molecule has 1 aliphatic heterocycles. The van der Waals surface area contributed by atoms with Crippen molar-refractivity contribution < 1.29 is 18.4 Å². The fourth-order valence-electron chi connectivity index (χ4n) is 2.97. The highest BCUT2D eigenvalue weighted by Gasteiger charge is 2.25. The Bertz CT molecular complexity index is 867. The molecule has 27 heavy (non-hydrogen) atoms. The normalized spacial score (nSPS) is 15.3. The number of nitrogens with zero attached hydrogens (tertiary/aromatic N) is 3. The monoisotopic (exact) mass is 387 g/mol. The smallest absolute Gasteiger partial charge is 0.255 e. The number of rotatable bonds is 4. The number of benzene rings is 1. The Morgan fingerprint density at radius 3 is 2.22 bits per heavy atom. The molecule has 1 aromatic carbocycles. The zero-order valence-corrected chi connectivity index (χ0v) is 15.6. The van der Waals surface area contributed by atoms with Gasteiger partial charge in [-0.25, -0.2) is 0 Å². The van der Waals surface area contributed by atoms with Gasteiger partial charge in [-0.2, -0.15) is 0 Å². The molecule has 0 saturated carbocycles. The van der Waals surface area contributed by atoms with Crippen molar-refractivity contribution in [2.24, 2.45) is 0 Å². The lowest BCUT2D eigenvalue weighted by molar-refractivity contribution is 0.0535. The van der Waals surface area contributed by atoms with Gasteiger partial charge in [0.05, 0.1) is 5.56 Å². The molecular formula is C18H19N4O4S-. The molecule has 0 radical (unpaired) electrons. The van der Waals surface area contributed by atoms with E-state index in [2.05, 4.69) is 9.71 Å². The second-order valence-electron chi connectivity index (χ2n) is 6.19. The van der Waals surface area contributed by atoms with Gasteiger partial charge in [0.25, 0.3) is 11.8 Å². The molecule has 1 aliphatic rings. The zero-order chi connectivity index (χ0) is 19.4. The molecular weight excluding hydrogens is 368 g/mol. The standard InChI is InChI=1S/C18H20N4O4S/c1-13-11-14(4-5-16(13)20-27(25)26)17(23)21-7-9-22(10-8-21)18(24)15-3-2-6-19-12-15/h2-6,11-12,20H,7-10H2,1H3,(H,25,26)/p-1. The fourth-order valence-corrected chi connectivity index (χ4v) is 3.38. The minimum absolute atomic E-state index is 0.0907. The zero-order valence-electron chi connectivity index (χ0n) is 14.8. The molecule has 2 amide bonds. The van der Waals surface area contributed by atoms with E-state index in [1.807, 2.05) is 0 Å². The van der Waals surface area contributed by atoms with Crippen LogP contribution in [0.15, 0.2) is 42.7 Å². The molecule has 2 aromatic rings. The number of nitrogens with one attached hydrogen (secondary N) is 1. The largest absolute Gasteiger partial charge is 0.755 e. The quantitative estimate of drug-likeness (QED) is 0.794. The second-order valence-corrected chi connectivity index (χ2v) is 6.87. The maximum Gasteiger partial charge on any atom is 0.255 e. The average Bonchev–Trinajstić information content (AvgIpc) is 2.69. The Hall–Kier alpha value is -2.78. The molecule has 9 heteroatoms. The second kappa shape index (κ2) is 8.28. The minimum atomic E-state index is -2.41. The third-order valence-corrected chi connectivity index (χ3v) is 4.82. The van der Waals surface area contributed by atoms with Crippen LogP contribution >= 0.6 is 0 Å². The third kappa shape index (κ3) is 4.50. The van der Waals surface area contributed by atoms with E-state index < -0.39 is 11.3 Å². The molecule has 1 unspecified atom stereocenters. The number of carbonyl (C=O) groups is 2. The van der Waals surface area contributed by atoms with E-state index in [1.165, 1.54) is 6.20 Å². The maximum atomic E-state index is 12.7. The van der Waals surface area contributed by atoms with Crippen molar-refractivity contribution in [2.45, 2.75) is 6.92 Å². The lowest BCUT2D eigenvalue weighted by atomic mass is 10.1. The van der Waals surface area contributed by atoms with Gasteiger partial charge in [0.2, 0.25) is 0 Å². The predicted molar refractivity (Wildman–Crippen MR) is 99.8 cm³/mol. The molecule has 0 spiro atoms. The van der Waals surface area contributed by atoms with Crippen LogP contribution in [0.5, 0.6) is 0 Å². The summed E-state index contributed by atoms with van der Waals surface area (Å²) in [4.78, 5) is 32.5. The Morgan fingerprint density at radius 2 is 1.70 bits per heavy atom. The lowest BCUT2D eigenvalue weighted by Crippen LogP contribution is -2.50. The van der Waals surface area contributed by atoms with Gasteiger partial charge in [-0.1, -0.05) is 0 Å². The molecule has 1 fully saturated rings. The van der Waals surface area contributed by atoms with Crippen LogP contribution in [-0.4, -0.2) is 61.5 Å². The summed E-state index contributed by atoms with van der Waals surface area (Å²) in [5.41, 5.74) is 2.12. The van der Waals surface area contributed by atoms with Gasteiger partial charge in [0.15, 0.2) is 0 Å². The Kier molecular flexibility index (Phi) is 5.82. The summed E-state index contributed by atoms with van der Waals surface area (Å²) in [6.07, 6.45) is 3.15. The molecule has 142 valence electrons. The molecule has 0 aliphatic carbocycles. The molecule has 1 aromatic heterocycles. The summed E-state index contributed by atoms with van der Waals surface area (Å²) < 4.78 is 23.8. The van der Waals surface area contributed by atoms with Gasteiger partial charge < -0.3 is 19.1 Å². The summed E-state index contributed by atoms with van der Waals surface area (Å²) in [6, 6.07) is 8.26. The third-order valence-electron chi connectivity index (χ3n) is 4.43. The first-order chi connectivity index (χ1) is 13.0. The summed E-state index contributed by atoms with van der Waals surface area (Å²) in [6.45, 7) is 3.51. The van der Waals surface area contributed by atoms with Gasteiger partial charge in [-0.05, 0) is 42.8 Å². The van der Waals surface area contributed by atoms with Crippen molar-refractivity contribution in [3.8, 4) is 0 Å². The van der Waals surface area contributed by atoms with Crippen molar-refractivity contribution in [2.75, 3.05) is 30.9 Å². The summed E-state index contributed by atoms with van der Waals surface area (Å²) >= 11 is -2.41. The van der Waals surface area contributed by atoms with Crippen LogP contribution in [0.2, 0.25) is 0 Å². The Balaban J connectivity index is 1.62. The molecule has 1 atom stereocenters. The highest BCUT2D eigenvalue weighted by atomic mass is 32.2. The average molecular weight is 387 g/mol. The van der Waals surface area contributed by atoms with E-state index in [9.17, 15) is 18.4 Å². The summed E-state index contributed by atoms with van der Waals surface area (Å²) in [5.74, 6) is -0.228. The van der Waals surface area contributed by atoms with E-state index in [4.69, 9.17) is 0 Å². The van der Waals surface area contributed by atoms with Crippen LogP contribution in [-0.2, 0) is 11.3 Å². The molecule has 1 N–H and O–H groups in total. The number of aromatic nitrogens is 1. The van der Waals surface area contributed by atoms with Crippen LogP contribution in [0, 0.1) is 6.92 Å². The number of pyridine rings is 1. The van der Waals surface area contributed by atoms with E-state index in [0.717, 1.165) is 0 Å². The fraction of sp³-hybridized carbons (Fsp3) is 0.278. The van der Waals surface area contributed by atoms with E-state index in [1.54, 1.807) is 53.3 Å². The first kappa shape index (κ1) is 19.0. The van der Waals surface area contributed by atoms with Gasteiger partial charge in [-0.15, -0.1) is 0 Å². The van der Waals surface area contributed by atoms with E-state index >= 15 is 0 Å². The van der Waals surface area contributed by atoms with E-state index in [-0.39, 0.29) is 11.8 Å². The van der Waals surface area contributed by atoms with Crippen LogP contribution in [0.1, 0.15) is 26.3 Å². The SMILES string of the molecule is Cc1cc(C(=O)N2CCN(C(=O)c3cccnc3)CC2)ccc1NS(=O)[O-]. The van der Waals surface area contributed by atoms with Gasteiger partial charge in [0.1, 0.15) is 0 Å². The summed E-state index contributed by atoms with van der Waals surface area (Å²) in [5, 5.41) is 0. The van der Waals surface area contributed by atoms with Gasteiger partial charge in [-0.3, -0.25) is 18.8 Å². The Morgan fingerprint density at radius 1 is 1.07 bits per heavy atom. The topological polar surface area (TPSA) is 106 Å². The van der Waals surface area contributed by atoms with Crippen molar-refractivity contribution >= 4 is 28.8 Å². The number of aryl methyl sites for hydroxylation is 1. The lowest BCUT2D eigenvalue weighted by Gasteiger charge is -2.35. The number of amides is 2. The molecule has 0 bridgehead atoms. The predicted octanol–water partition coefficient (Wildman–Crippen LogP) is 1.19. The van der Waals surface area contributed by atoms with Crippen LogP contribution in [0.3, 0.4) is 0 Å². The van der Waals surface area contributed by atoms with Crippen molar-refractivity contribution in [3.63, 3.8) is 0 Å². The first-order valence-corrected chi connectivity index (χ1v) is 9.48. The summed E-state index contributed by atoms with van der Waals surface area (Å²) in [7, 11) is 0. The van der Waals surface area contributed by atoms with Gasteiger partial charge >= 0.3 is 0 Å². The number of anilines is 1.